The van der Waals surface area contributed by atoms with Crippen molar-refractivity contribution in [1.82, 2.24) is 9.88 Å². The molecule has 1 N–H and O–H groups in total. The number of aromatic nitrogens is 1. The van der Waals surface area contributed by atoms with E-state index in [1.165, 1.54) is 34.3 Å². The Balaban J connectivity index is 2.16. The van der Waals surface area contributed by atoms with Gasteiger partial charge in [0.15, 0.2) is 0 Å². The zero-order chi connectivity index (χ0) is 11.8. The number of hydrogen-bond donors (Lipinski definition) is 1. The first-order valence-electron chi connectivity index (χ1n) is 6.21. The summed E-state index contributed by atoms with van der Waals surface area (Å²) in [6, 6.07) is 8.57. The van der Waals surface area contributed by atoms with Crippen molar-refractivity contribution in [3.05, 3.63) is 41.6 Å². The van der Waals surface area contributed by atoms with Gasteiger partial charge in [-0.3, -0.25) is 0 Å². The van der Waals surface area contributed by atoms with Crippen LogP contribution in [-0.2, 0) is 0 Å². The predicted molar refractivity (Wildman–Crippen MR) is 73.1 cm³/mol. The SMILES string of the molecule is Cc1[nH]c2ccccc2c1C1=CCCN(C)C1. The Bertz CT molecular complexity index is 578. The number of likely N-dealkylation sites (N-methyl/N-ethyl adjacent to an activating group) is 1. The Kier molecular flexibility index (Phi) is 2.52. The number of fused-ring (bicyclic) bond motifs is 1. The van der Waals surface area contributed by atoms with E-state index in [0.717, 1.165) is 13.0 Å². The molecular formula is C15H18N2. The average Bonchev–Trinajstić information content (AvgIpc) is 2.64. The first-order chi connectivity index (χ1) is 8.25. The number of rotatable bonds is 1. The number of aryl methyl sites for hydroxylation is 1. The molecule has 0 saturated heterocycles. The maximum absolute atomic E-state index is 3.48. The molecule has 0 atom stereocenters. The lowest BCUT2D eigenvalue weighted by molar-refractivity contribution is 0.373. The van der Waals surface area contributed by atoms with E-state index in [1.54, 1.807) is 0 Å². The molecule has 88 valence electrons. The van der Waals surface area contributed by atoms with Crippen molar-refractivity contribution >= 4 is 16.5 Å². The van der Waals surface area contributed by atoms with Gasteiger partial charge in [-0.05, 0) is 32.0 Å². The van der Waals surface area contributed by atoms with Crippen LogP contribution in [0.4, 0.5) is 0 Å². The van der Waals surface area contributed by atoms with E-state index in [4.69, 9.17) is 0 Å². The summed E-state index contributed by atoms with van der Waals surface area (Å²) >= 11 is 0. The minimum Gasteiger partial charge on any atom is -0.358 e. The summed E-state index contributed by atoms with van der Waals surface area (Å²) in [7, 11) is 2.19. The molecule has 0 bridgehead atoms. The second kappa shape index (κ2) is 4.04. The number of para-hydroxylation sites is 1. The highest BCUT2D eigenvalue weighted by molar-refractivity contribution is 5.94. The predicted octanol–water partition coefficient (Wildman–Crippen LogP) is 3.20. The average molecular weight is 226 g/mol. The van der Waals surface area contributed by atoms with Crippen LogP contribution in [0, 0.1) is 6.92 Å². The molecular weight excluding hydrogens is 208 g/mol. The lowest BCUT2D eigenvalue weighted by Crippen LogP contribution is -2.25. The third kappa shape index (κ3) is 1.79. The van der Waals surface area contributed by atoms with Gasteiger partial charge in [-0.15, -0.1) is 0 Å². The van der Waals surface area contributed by atoms with Crippen LogP contribution in [0.25, 0.3) is 16.5 Å². The highest BCUT2D eigenvalue weighted by Crippen LogP contribution is 2.30. The van der Waals surface area contributed by atoms with Gasteiger partial charge in [-0.1, -0.05) is 24.3 Å². The molecule has 2 heteroatoms. The van der Waals surface area contributed by atoms with Gasteiger partial charge < -0.3 is 9.88 Å². The van der Waals surface area contributed by atoms with Crippen LogP contribution in [0.2, 0.25) is 0 Å². The molecule has 0 radical (unpaired) electrons. The minimum atomic E-state index is 1.06. The number of hydrogen-bond acceptors (Lipinski definition) is 1. The Morgan fingerprint density at radius 1 is 1.24 bits per heavy atom. The van der Waals surface area contributed by atoms with Crippen LogP contribution in [-0.4, -0.2) is 30.0 Å². The van der Waals surface area contributed by atoms with Crippen molar-refractivity contribution in [2.75, 3.05) is 20.1 Å². The molecule has 0 amide bonds. The molecule has 2 heterocycles. The van der Waals surface area contributed by atoms with Crippen LogP contribution in [0.15, 0.2) is 30.3 Å². The second-order valence-electron chi connectivity index (χ2n) is 4.93. The van der Waals surface area contributed by atoms with E-state index in [1.807, 2.05) is 0 Å². The summed E-state index contributed by atoms with van der Waals surface area (Å²) in [5, 5.41) is 1.35. The van der Waals surface area contributed by atoms with Gasteiger partial charge in [-0.2, -0.15) is 0 Å². The lowest BCUT2D eigenvalue weighted by atomic mass is 9.98. The third-order valence-corrected chi connectivity index (χ3v) is 3.56. The summed E-state index contributed by atoms with van der Waals surface area (Å²) in [5.41, 5.74) is 5.41. The fraction of sp³-hybridized carbons (Fsp3) is 0.333. The summed E-state index contributed by atoms with van der Waals surface area (Å²) in [6.45, 7) is 4.40. The van der Waals surface area contributed by atoms with Gasteiger partial charge in [0.2, 0.25) is 0 Å². The number of nitrogens with one attached hydrogen (secondary N) is 1. The quantitative estimate of drug-likeness (QED) is 0.791. The van der Waals surface area contributed by atoms with Crippen LogP contribution in [0.1, 0.15) is 17.7 Å². The van der Waals surface area contributed by atoms with Gasteiger partial charge in [0.05, 0.1) is 0 Å². The number of H-pyrrole nitrogens is 1. The van der Waals surface area contributed by atoms with Crippen LogP contribution in [0.3, 0.4) is 0 Å². The Morgan fingerprint density at radius 2 is 2.06 bits per heavy atom. The molecule has 0 aliphatic carbocycles. The van der Waals surface area contributed by atoms with E-state index in [-0.39, 0.29) is 0 Å². The molecule has 17 heavy (non-hydrogen) atoms. The zero-order valence-corrected chi connectivity index (χ0v) is 10.5. The Hall–Kier alpha value is -1.54. The van der Waals surface area contributed by atoms with Crippen molar-refractivity contribution in [2.24, 2.45) is 0 Å². The van der Waals surface area contributed by atoms with Crippen molar-refractivity contribution in [3.63, 3.8) is 0 Å². The van der Waals surface area contributed by atoms with Crippen LogP contribution in [0.5, 0.6) is 0 Å². The van der Waals surface area contributed by atoms with Gasteiger partial charge in [0.25, 0.3) is 0 Å². The van der Waals surface area contributed by atoms with Crippen LogP contribution >= 0.6 is 0 Å². The summed E-state index contributed by atoms with van der Waals surface area (Å²) in [5.74, 6) is 0. The van der Waals surface area contributed by atoms with Gasteiger partial charge in [0.1, 0.15) is 0 Å². The summed E-state index contributed by atoms with van der Waals surface area (Å²) < 4.78 is 0. The smallest absolute Gasteiger partial charge is 0.0462 e. The summed E-state index contributed by atoms with van der Waals surface area (Å²) in [6.07, 6.45) is 3.55. The normalized spacial score (nSPS) is 17.4. The molecule has 1 aliphatic rings. The van der Waals surface area contributed by atoms with Crippen molar-refractivity contribution < 1.29 is 0 Å². The fourth-order valence-electron chi connectivity index (χ4n) is 2.77. The number of benzene rings is 1. The first kappa shape index (κ1) is 10.6. The van der Waals surface area contributed by atoms with E-state index in [9.17, 15) is 0 Å². The number of nitrogens with zero attached hydrogens (tertiary/aromatic N) is 1. The van der Waals surface area contributed by atoms with E-state index < -0.39 is 0 Å². The lowest BCUT2D eigenvalue weighted by Gasteiger charge is -2.23. The Morgan fingerprint density at radius 3 is 2.88 bits per heavy atom. The maximum atomic E-state index is 3.48. The van der Waals surface area contributed by atoms with E-state index >= 15 is 0 Å². The van der Waals surface area contributed by atoms with Gasteiger partial charge in [0, 0.05) is 35.2 Å². The van der Waals surface area contributed by atoms with Crippen LogP contribution < -0.4 is 0 Å². The fourth-order valence-corrected chi connectivity index (χ4v) is 2.77. The molecule has 0 fully saturated rings. The van der Waals surface area contributed by atoms with Gasteiger partial charge in [-0.25, -0.2) is 0 Å². The molecule has 1 aromatic heterocycles. The number of aromatic amines is 1. The molecule has 0 saturated carbocycles. The second-order valence-corrected chi connectivity index (χ2v) is 4.93. The minimum absolute atomic E-state index is 1.06. The third-order valence-electron chi connectivity index (χ3n) is 3.56. The van der Waals surface area contributed by atoms with E-state index in [2.05, 4.69) is 54.2 Å². The van der Waals surface area contributed by atoms with Crippen molar-refractivity contribution in [1.29, 1.82) is 0 Å². The maximum Gasteiger partial charge on any atom is 0.0462 e. The van der Waals surface area contributed by atoms with Crippen molar-refractivity contribution in [3.8, 4) is 0 Å². The molecule has 0 unspecified atom stereocenters. The molecule has 1 aliphatic heterocycles. The van der Waals surface area contributed by atoms with Gasteiger partial charge >= 0.3 is 0 Å². The Labute approximate surface area is 102 Å². The molecule has 0 spiro atoms. The monoisotopic (exact) mass is 226 g/mol. The largest absolute Gasteiger partial charge is 0.358 e. The molecule has 1 aromatic carbocycles. The molecule has 2 aromatic rings. The standard InChI is InChI=1S/C15H18N2/c1-11-15(12-6-5-9-17(2)10-12)13-7-3-4-8-14(13)16-11/h3-4,6-8,16H,5,9-10H2,1-2H3. The highest BCUT2D eigenvalue weighted by atomic mass is 15.1. The summed E-state index contributed by atoms with van der Waals surface area (Å²) in [4.78, 5) is 5.87. The first-order valence-corrected chi connectivity index (χ1v) is 6.21. The van der Waals surface area contributed by atoms with E-state index in [0.29, 0.717) is 0 Å². The highest BCUT2D eigenvalue weighted by Gasteiger charge is 2.16. The van der Waals surface area contributed by atoms with Crippen molar-refractivity contribution in [2.45, 2.75) is 13.3 Å². The zero-order valence-electron chi connectivity index (χ0n) is 10.5. The molecule has 3 rings (SSSR count). The molecule has 2 nitrogen and oxygen atoms in total. The topological polar surface area (TPSA) is 19.0 Å².